The summed E-state index contributed by atoms with van der Waals surface area (Å²) in [5.41, 5.74) is -0.241. The fourth-order valence-electron chi connectivity index (χ4n) is 3.31. The van der Waals surface area contributed by atoms with Gasteiger partial charge in [0.15, 0.2) is 0 Å². The Hall–Kier alpha value is -2.87. The van der Waals surface area contributed by atoms with E-state index in [0.717, 1.165) is 5.56 Å². The van der Waals surface area contributed by atoms with Crippen molar-refractivity contribution in [3.63, 3.8) is 0 Å². The molecule has 2 aromatic rings. The molecule has 1 aromatic heterocycles. The number of hydrogen-bond acceptors (Lipinski definition) is 6. The topological polar surface area (TPSA) is 99.5 Å². The molecule has 34 heavy (non-hydrogen) atoms. The number of halogens is 1. The molecule has 0 fully saturated rings. The second-order valence-electron chi connectivity index (χ2n) is 10.3. The van der Waals surface area contributed by atoms with Gasteiger partial charge in [-0.1, -0.05) is 30.7 Å². The van der Waals surface area contributed by atoms with Crippen LogP contribution in [0.5, 0.6) is 0 Å². The van der Waals surface area contributed by atoms with Crippen molar-refractivity contribution < 1.29 is 19.1 Å². The second kappa shape index (κ2) is 11.0. The first-order chi connectivity index (χ1) is 15.6. The molecule has 0 bridgehead atoms. The number of ether oxygens (including phenoxy) is 2. The summed E-state index contributed by atoms with van der Waals surface area (Å²) in [6.45, 7) is 12.4. The van der Waals surface area contributed by atoms with Crippen LogP contribution >= 0.6 is 11.6 Å². The molecule has 1 N–H and O–H groups in total. The Kier molecular flexibility index (Phi) is 8.89. The monoisotopic (exact) mass is 491 g/mol. The Balaban J connectivity index is 2.18. The summed E-state index contributed by atoms with van der Waals surface area (Å²) >= 11 is 6.03. The molecule has 0 radical (unpaired) electrons. The van der Waals surface area contributed by atoms with Crippen molar-refractivity contribution in [2.24, 2.45) is 5.92 Å². The van der Waals surface area contributed by atoms with Gasteiger partial charge in [0.1, 0.15) is 17.7 Å². The molecule has 186 valence electrons. The lowest BCUT2D eigenvalue weighted by atomic mass is 9.90. The SMILES string of the molecule is C[C@@H](Cc1cc(=O)n(CC(=O)OC(C)(C)C)cn1)[C@H](NC(=O)OC(C)(C)C)c1ccc(Cl)cc1. The lowest BCUT2D eigenvalue weighted by Gasteiger charge is -2.28. The van der Waals surface area contributed by atoms with E-state index in [0.29, 0.717) is 17.1 Å². The van der Waals surface area contributed by atoms with Crippen LogP contribution in [0.2, 0.25) is 5.02 Å². The number of alkyl carbamates (subject to hydrolysis) is 1. The molecule has 0 unspecified atom stereocenters. The molecule has 9 heteroatoms. The van der Waals surface area contributed by atoms with E-state index in [2.05, 4.69) is 10.3 Å². The molecule has 0 aliphatic rings. The number of aromatic nitrogens is 2. The van der Waals surface area contributed by atoms with Gasteiger partial charge in [-0.25, -0.2) is 9.78 Å². The molecule has 0 saturated heterocycles. The van der Waals surface area contributed by atoms with E-state index < -0.39 is 29.3 Å². The number of amides is 1. The van der Waals surface area contributed by atoms with Crippen LogP contribution in [-0.4, -0.2) is 32.8 Å². The summed E-state index contributed by atoms with van der Waals surface area (Å²) in [5.74, 6) is -0.649. The van der Waals surface area contributed by atoms with E-state index in [1.165, 1.54) is 17.0 Å². The van der Waals surface area contributed by atoms with Crippen molar-refractivity contribution in [1.29, 1.82) is 0 Å². The molecular formula is C25H34ClN3O5. The minimum absolute atomic E-state index is 0.137. The normalized spacial score (nSPS) is 13.6. The standard InChI is InChI=1S/C25H34ClN3O5/c1-16(12-19-13-20(30)29(15-27-19)14-21(31)33-24(2,3)4)22(17-8-10-18(26)11-9-17)28-23(32)34-25(5,6)7/h8-11,13,15-16,22H,12,14H2,1-7H3,(H,28,32)/t16-,22-/m0/s1. The van der Waals surface area contributed by atoms with Gasteiger partial charge in [-0.05, 0) is 71.6 Å². The van der Waals surface area contributed by atoms with Gasteiger partial charge in [0.05, 0.1) is 12.4 Å². The smallest absolute Gasteiger partial charge is 0.408 e. The quantitative estimate of drug-likeness (QED) is 0.564. The summed E-state index contributed by atoms with van der Waals surface area (Å²) in [6.07, 6.45) is 1.21. The highest BCUT2D eigenvalue weighted by molar-refractivity contribution is 6.30. The maximum atomic E-state index is 12.5. The number of hydrogen-bond donors (Lipinski definition) is 1. The third-order valence-corrected chi connectivity index (χ3v) is 4.91. The third-order valence-electron chi connectivity index (χ3n) is 4.66. The first-order valence-corrected chi connectivity index (χ1v) is 11.5. The van der Waals surface area contributed by atoms with Gasteiger partial charge in [-0.2, -0.15) is 0 Å². The molecule has 2 atom stereocenters. The van der Waals surface area contributed by atoms with Crippen LogP contribution in [0.4, 0.5) is 4.79 Å². The maximum absolute atomic E-state index is 12.5. The number of benzene rings is 1. The molecule has 1 aromatic carbocycles. The van der Waals surface area contributed by atoms with Crippen LogP contribution < -0.4 is 10.9 Å². The van der Waals surface area contributed by atoms with E-state index in [4.69, 9.17) is 21.1 Å². The van der Waals surface area contributed by atoms with E-state index in [9.17, 15) is 14.4 Å². The largest absolute Gasteiger partial charge is 0.459 e. The average molecular weight is 492 g/mol. The van der Waals surface area contributed by atoms with Crippen LogP contribution in [-0.2, 0) is 27.2 Å². The van der Waals surface area contributed by atoms with E-state index in [1.54, 1.807) is 53.7 Å². The van der Waals surface area contributed by atoms with Crippen LogP contribution in [0.3, 0.4) is 0 Å². The zero-order chi connectivity index (χ0) is 25.7. The molecule has 0 spiro atoms. The molecule has 0 saturated carbocycles. The zero-order valence-corrected chi connectivity index (χ0v) is 21.6. The van der Waals surface area contributed by atoms with Gasteiger partial charge in [0.2, 0.25) is 0 Å². The van der Waals surface area contributed by atoms with Gasteiger partial charge in [-0.15, -0.1) is 0 Å². The van der Waals surface area contributed by atoms with Crippen LogP contribution in [0.1, 0.15) is 65.8 Å². The predicted octanol–water partition coefficient (Wildman–Crippen LogP) is 4.68. The van der Waals surface area contributed by atoms with Crippen LogP contribution in [0.25, 0.3) is 0 Å². The Morgan fingerprint density at radius 3 is 2.18 bits per heavy atom. The number of nitrogens with one attached hydrogen (secondary N) is 1. The predicted molar refractivity (Wildman–Crippen MR) is 131 cm³/mol. The average Bonchev–Trinajstić information content (AvgIpc) is 2.66. The van der Waals surface area contributed by atoms with Crippen LogP contribution in [0.15, 0.2) is 41.5 Å². The first kappa shape index (κ1) is 27.4. The molecule has 8 nitrogen and oxygen atoms in total. The van der Waals surface area contributed by atoms with Gasteiger partial charge in [0.25, 0.3) is 5.56 Å². The van der Waals surface area contributed by atoms with Crippen molar-refractivity contribution in [3.05, 3.63) is 63.3 Å². The summed E-state index contributed by atoms with van der Waals surface area (Å²) in [4.78, 5) is 41.4. The van der Waals surface area contributed by atoms with E-state index in [1.807, 2.05) is 19.1 Å². The van der Waals surface area contributed by atoms with Crippen molar-refractivity contribution >= 4 is 23.7 Å². The molecule has 0 aliphatic heterocycles. The van der Waals surface area contributed by atoms with Gasteiger partial charge in [0, 0.05) is 16.8 Å². The van der Waals surface area contributed by atoms with Gasteiger partial charge >= 0.3 is 12.1 Å². The lowest BCUT2D eigenvalue weighted by molar-refractivity contribution is -0.155. The Morgan fingerprint density at radius 1 is 1.06 bits per heavy atom. The fourth-order valence-corrected chi connectivity index (χ4v) is 3.44. The van der Waals surface area contributed by atoms with Crippen molar-refractivity contribution in [3.8, 4) is 0 Å². The van der Waals surface area contributed by atoms with E-state index in [-0.39, 0.29) is 18.0 Å². The maximum Gasteiger partial charge on any atom is 0.408 e. The minimum atomic E-state index is -0.641. The number of carbonyl (C=O) groups is 2. The third kappa shape index (κ3) is 9.17. The number of rotatable bonds is 7. The second-order valence-corrected chi connectivity index (χ2v) is 10.7. The van der Waals surface area contributed by atoms with Crippen molar-refractivity contribution in [1.82, 2.24) is 14.9 Å². The summed E-state index contributed by atoms with van der Waals surface area (Å²) < 4.78 is 11.9. The molecule has 1 heterocycles. The minimum Gasteiger partial charge on any atom is -0.459 e. The molecule has 1 amide bonds. The highest BCUT2D eigenvalue weighted by atomic mass is 35.5. The zero-order valence-electron chi connectivity index (χ0n) is 20.8. The first-order valence-electron chi connectivity index (χ1n) is 11.1. The summed E-state index contributed by atoms with van der Waals surface area (Å²) in [5, 5.41) is 3.51. The highest BCUT2D eigenvalue weighted by Crippen LogP contribution is 2.26. The Bertz CT molecular complexity index is 1050. The van der Waals surface area contributed by atoms with Crippen LogP contribution in [0, 0.1) is 5.92 Å². The van der Waals surface area contributed by atoms with Gasteiger partial charge in [-0.3, -0.25) is 14.2 Å². The van der Waals surface area contributed by atoms with E-state index >= 15 is 0 Å². The highest BCUT2D eigenvalue weighted by Gasteiger charge is 2.26. The number of esters is 1. The molecule has 2 rings (SSSR count). The number of carbonyl (C=O) groups excluding carboxylic acids is 2. The van der Waals surface area contributed by atoms with Crippen molar-refractivity contribution in [2.45, 2.75) is 78.7 Å². The van der Waals surface area contributed by atoms with Crippen molar-refractivity contribution in [2.75, 3.05) is 0 Å². The molecule has 0 aliphatic carbocycles. The number of nitrogens with zero attached hydrogens (tertiary/aromatic N) is 2. The Morgan fingerprint density at radius 2 is 1.65 bits per heavy atom. The summed E-state index contributed by atoms with van der Waals surface area (Å²) in [6, 6.07) is 8.18. The Labute approximate surface area is 205 Å². The lowest BCUT2D eigenvalue weighted by Crippen LogP contribution is -2.38. The molecular weight excluding hydrogens is 458 g/mol. The van der Waals surface area contributed by atoms with Gasteiger partial charge < -0.3 is 14.8 Å². The fraction of sp³-hybridized carbons (Fsp3) is 0.520. The summed E-state index contributed by atoms with van der Waals surface area (Å²) in [7, 11) is 0.